The molecule has 94 valence electrons. The predicted molar refractivity (Wildman–Crippen MR) is 62.5 cm³/mol. The van der Waals surface area contributed by atoms with Gasteiger partial charge in [-0.05, 0) is 12.0 Å². The number of allylic oxidation sites excluding steroid dienone is 4. The van der Waals surface area contributed by atoms with Gasteiger partial charge < -0.3 is 0 Å². The summed E-state index contributed by atoms with van der Waals surface area (Å²) < 4.78 is 37.2. The van der Waals surface area contributed by atoms with Crippen LogP contribution in [0.3, 0.4) is 0 Å². The Hall–Kier alpha value is -1.84. The highest BCUT2D eigenvalue weighted by atomic mass is 19.4. The first-order chi connectivity index (χ1) is 8.50. The molecule has 0 spiro atoms. The Labute approximate surface area is 103 Å². The van der Waals surface area contributed by atoms with Crippen LogP contribution in [0.4, 0.5) is 13.2 Å². The molecule has 0 bridgehead atoms. The Balaban J connectivity index is 2.12. The molecule has 1 atom stereocenters. The topological polar surface area (TPSA) is 17.1 Å². The Morgan fingerprint density at radius 2 is 1.83 bits per heavy atom. The molecule has 1 aromatic carbocycles. The van der Waals surface area contributed by atoms with Crippen molar-refractivity contribution in [1.29, 1.82) is 0 Å². The molecule has 0 aromatic heterocycles. The van der Waals surface area contributed by atoms with E-state index < -0.39 is 11.7 Å². The number of benzene rings is 1. The maximum atomic E-state index is 12.4. The zero-order valence-corrected chi connectivity index (χ0v) is 9.45. The van der Waals surface area contributed by atoms with E-state index in [0.29, 0.717) is 12.0 Å². The second kappa shape index (κ2) is 4.80. The third kappa shape index (κ3) is 2.70. The average Bonchev–Trinajstić information content (AvgIpc) is 2.38. The highest BCUT2D eigenvalue weighted by Crippen LogP contribution is 2.34. The summed E-state index contributed by atoms with van der Waals surface area (Å²) in [7, 11) is 0. The van der Waals surface area contributed by atoms with Crippen molar-refractivity contribution in [3.05, 3.63) is 59.2 Å². The van der Waals surface area contributed by atoms with E-state index in [9.17, 15) is 18.0 Å². The molecule has 1 aromatic rings. The molecular formula is C14H11F3O. The second-order valence-electron chi connectivity index (χ2n) is 4.14. The Bertz CT molecular complexity index is 495. The molecule has 0 saturated carbocycles. The van der Waals surface area contributed by atoms with Crippen LogP contribution in [0.25, 0.3) is 0 Å². The molecule has 0 N–H and O–H groups in total. The first kappa shape index (κ1) is 12.6. The van der Waals surface area contributed by atoms with Crippen molar-refractivity contribution in [2.45, 2.75) is 18.5 Å². The van der Waals surface area contributed by atoms with Crippen molar-refractivity contribution < 1.29 is 18.0 Å². The van der Waals surface area contributed by atoms with Gasteiger partial charge in [-0.3, -0.25) is 4.79 Å². The zero-order chi connectivity index (χ0) is 13.2. The molecule has 2 rings (SSSR count). The summed E-state index contributed by atoms with van der Waals surface area (Å²) >= 11 is 0. The van der Waals surface area contributed by atoms with Gasteiger partial charge in [0.05, 0.1) is 5.57 Å². The lowest BCUT2D eigenvalue weighted by Gasteiger charge is -2.18. The molecular weight excluding hydrogens is 241 g/mol. The van der Waals surface area contributed by atoms with Crippen LogP contribution in [-0.4, -0.2) is 12.5 Å². The van der Waals surface area contributed by atoms with E-state index in [1.807, 2.05) is 0 Å². The van der Waals surface area contributed by atoms with Crippen molar-refractivity contribution in [2.24, 2.45) is 0 Å². The van der Waals surface area contributed by atoms with Gasteiger partial charge in [-0.15, -0.1) is 0 Å². The highest BCUT2D eigenvalue weighted by molar-refractivity contribution is 5.74. The van der Waals surface area contributed by atoms with E-state index in [4.69, 9.17) is 0 Å². The fourth-order valence-electron chi connectivity index (χ4n) is 1.90. The van der Waals surface area contributed by atoms with E-state index in [1.165, 1.54) is 6.08 Å². The van der Waals surface area contributed by atoms with Crippen molar-refractivity contribution in [3.63, 3.8) is 0 Å². The van der Waals surface area contributed by atoms with Crippen LogP contribution in [0, 0.1) is 0 Å². The normalized spacial score (nSPS) is 19.5. The van der Waals surface area contributed by atoms with Gasteiger partial charge in [-0.2, -0.15) is 13.2 Å². The molecule has 1 aliphatic rings. The number of carbonyl (C=O) groups is 1. The van der Waals surface area contributed by atoms with Crippen molar-refractivity contribution >= 4 is 6.29 Å². The molecule has 0 radical (unpaired) electrons. The van der Waals surface area contributed by atoms with Crippen molar-refractivity contribution in [1.82, 2.24) is 0 Å². The molecule has 0 amide bonds. The molecule has 1 unspecified atom stereocenters. The number of hydrogen-bond donors (Lipinski definition) is 0. The van der Waals surface area contributed by atoms with Crippen LogP contribution in [0.2, 0.25) is 0 Å². The molecule has 0 heterocycles. The zero-order valence-electron chi connectivity index (χ0n) is 9.45. The van der Waals surface area contributed by atoms with E-state index in [1.54, 1.807) is 30.3 Å². The first-order valence-electron chi connectivity index (χ1n) is 5.51. The quantitative estimate of drug-likeness (QED) is 0.726. The number of aldehydes is 1. The van der Waals surface area contributed by atoms with Gasteiger partial charge in [0.2, 0.25) is 0 Å². The lowest BCUT2D eigenvalue weighted by Crippen LogP contribution is -2.13. The SMILES string of the molecule is O=Cc1ccc(C2C=CC(C(F)(F)F)=CC2)cc1. The van der Waals surface area contributed by atoms with Crippen LogP contribution in [0.1, 0.15) is 28.3 Å². The minimum Gasteiger partial charge on any atom is -0.298 e. The lowest BCUT2D eigenvalue weighted by atomic mass is 9.89. The first-order valence-corrected chi connectivity index (χ1v) is 5.51. The summed E-state index contributed by atoms with van der Waals surface area (Å²) in [6, 6.07) is 6.87. The van der Waals surface area contributed by atoms with Crippen LogP contribution < -0.4 is 0 Å². The molecule has 0 aliphatic heterocycles. The van der Waals surface area contributed by atoms with Gasteiger partial charge >= 0.3 is 6.18 Å². The second-order valence-corrected chi connectivity index (χ2v) is 4.14. The van der Waals surface area contributed by atoms with Gasteiger partial charge in [0, 0.05) is 11.5 Å². The molecule has 1 nitrogen and oxygen atoms in total. The fraction of sp³-hybridized carbons (Fsp3) is 0.214. The van der Waals surface area contributed by atoms with Gasteiger partial charge in [-0.1, -0.05) is 42.5 Å². The third-order valence-electron chi connectivity index (χ3n) is 2.93. The minimum atomic E-state index is -4.27. The van der Waals surface area contributed by atoms with Gasteiger partial charge in [0.15, 0.2) is 0 Å². The maximum Gasteiger partial charge on any atom is 0.416 e. The third-order valence-corrected chi connectivity index (χ3v) is 2.93. The maximum absolute atomic E-state index is 12.4. The van der Waals surface area contributed by atoms with Crippen LogP contribution in [-0.2, 0) is 0 Å². The largest absolute Gasteiger partial charge is 0.416 e. The van der Waals surface area contributed by atoms with Gasteiger partial charge in [-0.25, -0.2) is 0 Å². The average molecular weight is 252 g/mol. The molecule has 0 fully saturated rings. The predicted octanol–water partition coefficient (Wildman–Crippen LogP) is 4.03. The Morgan fingerprint density at radius 1 is 1.17 bits per heavy atom. The highest BCUT2D eigenvalue weighted by Gasteiger charge is 2.32. The van der Waals surface area contributed by atoms with Crippen molar-refractivity contribution in [3.8, 4) is 0 Å². The molecule has 18 heavy (non-hydrogen) atoms. The van der Waals surface area contributed by atoms with Crippen molar-refractivity contribution in [2.75, 3.05) is 0 Å². The monoisotopic (exact) mass is 252 g/mol. The minimum absolute atomic E-state index is 0.0585. The van der Waals surface area contributed by atoms with Crippen LogP contribution in [0.5, 0.6) is 0 Å². The summed E-state index contributed by atoms with van der Waals surface area (Å²) in [5, 5.41) is 0. The smallest absolute Gasteiger partial charge is 0.298 e. The molecule has 1 aliphatic carbocycles. The number of alkyl halides is 3. The molecule has 4 heteroatoms. The van der Waals surface area contributed by atoms with E-state index in [2.05, 4.69) is 0 Å². The summed E-state index contributed by atoms with van der Waals surface area (Å²) in [6.07, 6.45) is 0.662. The Morgan fingerprint density at radius 3 is 2.28 bits per heavy atom. The number of halogens is 3. The lowest BCUT2D eigenvalue weighted by molar-refractivity contribution is -0.0886. The van der Waals surface area contributed by atoms with Crippen LogP contribution >= 0.6 is 0 Å². The summed E-state index contributed by atoms with van der Waals surface area (Å²) in [6.45, 7) is 0. The summed E-state index contributed by atoms with van der Waals surface area (Å²) in [4.78, 5) is 10.5. The van der Waals surface area contributed by atoms with Crippen LogP contribution in [0.15, 0.2) is 48.1 Å². The van der Waals surface area contributed by atoms with E-state index >= 15 is 0 Å². The van der Waals surface area contributed by atoms with Gasteiger partial charge in [0.25, 0.3) is 0 Å². The molecule has 0 saturated heterocycles. The fourth-order valence-corrected chi connectivity index (χ4v) is 1.90. The standard InChI is InChI=1S/C14H11F3O/c15-14(16,17)13-7-5-12(6-8-13)11-3-1-10(9-18)2-4-11/h1-5,7-9,12H,6H2. The van der Waals surface area contributed by atoms with E-state index in [-0.39, 0.29) is 5.92 Å². The van der Waals surface area contributed by atoms with E-state index in [0.717, 1.165) is 17.9 Å². The number of hydrogen-bond acceptors (Lipinski definition) is 1. The number of carbonyl (C=O) groups excluding carboxylic acids is 1. The summed E-state index contributed by atoms with van der Waals surface area (Å²) in [5.74, 6) is -0.0585. The number of rotatable bonds is 2. The van der Waals surface area contributed by atoms with Gasteiger partial charge in [0.1, 0.15) is 6.29 Å². The Kier molecular flexibility index (Phi) is 3.36. The summed E-state index contributed by atoms with van der Waals surface area (Å²) in [5.41, 5.74) is 0.877.